The molecule has 0 spiro atoms. The fourth-order valence-corrected chi connectivity index (χ4v) is 2.24. The smallest absolute Gasteiger partial charge is 0.0641 e. The lowest BCUT2D eigenvalue weighted by Crippen LogP contribution is -2.31. The van der Waals surface area contributed by atoms with Gasteiger partial charge in [0.25, 0.3) is 0 Å². The molecule has 1 rings (SSSR count). The molecule has 1 aromatic rings. The summed E-state index contributed by atoms with van der Waals surface area (Å²) in [5.41, 5.74) is 2.45. The van der Waals surface area contributed by atoms with Gasteiger partial charge in [0.05, 0.1) is 5.69 Å². The van der Waals surface area contributed by atoms with Gasteiger partial charge in [-0.25, -0.2) is 0 Å². The monoisotopic (exact) mass is 223 g/mol. The van der Waals surface area contributed by atoms with Crippen LogP contribution < -0.4 is 5.32 Å². The van der Waals surface area contributed by atoms with Crippen molar-refractivity contribution < 1.29 is 0 Å². The molecule has 0 saturated heterocycles. The van der Waals surface area contributed by atoms with Gasteiger partial charge in [-0.1, -0.05) is 20.3 Å². The number of nitrogens with one attached hydrogen (secondary N) is 1. The standard InChI is InChI=1S/C13H25N3/c1-6-8-12(7-2)14-10(3)13-9-16(5)15-11(13)4/h9-10,12,14H,6-8H2,1-5H3. The molecule has 16 heavy (non-hydrogen) atoms. The van der Waals surface area contributed by atoms with Crippen LogP contribution >= 0.6 is 0 Å². The van der Waals surface area contributed by atoms with Crippen molar-refractivity contribution in [1.82, 2.24) is 15.1 Å². The summed E-state index contributed by atoms with van der Waals surface area (Å²) in [6, 6.07) is 1.02. The van der Waals surface area contributed by atoms with Crippen LogP contribution in [0.3, 0.4) is 0 Å². The molecule has 1 heterocycles. The first-order valence-electron chi connectivity index (χ1n) is 6.34. The van der Waals surface area contributed by atoms with E-state index in [1.165, 1.54) is 24.8 Å². The summed E-state index contributed by atoms with van der Waals surface area (Å²) in [5, 5.41) is 8.07. The summed E-state index contributed by atoms with van der Waals surface area (Å²) in [5.74, 6) is 0. The van der Waals surface area contributed by atoms with Gasteiger partial charge in [0.2, 0.25) is 0 Å². The molecule has 0 aliphatic rings. The number of rotatable bonds is 6. The van der Waals surface area contributed by atoms with Crippen molar-refractivity contribution in [3.8, 4) is 0 Å². The van der Waals surface area contributed by atoms with Gasteiger partial charge < -0.3 is 5.32 Å². The minimum Gasteiger partial charge on any atom is -0.307 e. The van der Waals surface area contributed by atoms with E-state index in [-0.39, 0.29) is 0 Å². The second kappa shape index (κ2) is 6.04. The molecule has 2 atom stereocenters. The molecule has 0 fully saturated rings. The SMILES string of the molecule is CCCC(CC)NC(C)c1cn(C)nc1C. The molecule has 92 valence electrons. The van der Waals surface area contributed by atoms with Gasteiger partial charge in [0.15, 0.2) is 0 Å². The number of aromatic nitrogens is 2. The molecule has 0 aromatic carbocycles. The highest BCUT2D eigenvalue weighted by Gasteiger charge is 2.14. The molecule has 0 bridgehead atoms. The van der Waals surface area contributed by atoms with Crippen LogP contribution in [0, 0.1) is 6.92 Å². The van der Waals surface area contributed by atoms with Crippen molar-refractivity contribution in [3.05, 3.63) is 17.5 Å². The van der Waals surface area contributed by atoms with Gasteiger partial charge >= 0.3 is 0 Å². The zero-order valence-electron chi connectivity index (χ0n) is 11.2. The summed E-state index contributed by atoms with van der Waals surface area (Å²) >= 11 is 0. The highest BCUT2D eigenvalue weighted by Crippen LogP contribution is 2.17. The molecule has 3 heteroatoms. The van der Waals surface area contributed by atoms with Crippen LogP contribution in [0.1, 0.15) is 57.3 Å². The van der Waals surface area contributed by atoms with Crippen molar-refractivity contribution in [1.29, 1.82) is 0 Å². The maximum atomic E-state index is 4.39. The lowest BCUT2D eigenvalue weighted by Gasteiger charge is -2.21. The lowest BCUT2D eigenvalue weighted by atomic mass is 10.1. The number of hydrogen-bond donors (Lipinski definition) is 1. The minimum atomic E-state index is 0.394. The molecular weight excluding hydrogens is 198 g/mol. The molecule has 1 N–H and O–H groups in total. The largest absolute Gasteiger partial charge is 0.307 e. The predicted molar refractivity (Wildman–Crippen MR) is 68.5 cm³/mol. The van der Waals surface area contributed by atoms with Crippen molar-refractivity contribution in [2.45, 2.75) is 59.0 Å². The Morgan fingerprint density at radius 2 is 2.12 bits per heavy atom. The first-order valence-corrected chi connectivity index (χ1v) is 6.34. The van der Waals surface area contributed by atoms with Gasteiger partial charge in [-0.15, -0.1) is 0 Å². The van der Waals surface area contributed by atoms with Gasteiger partial charge in [-0.2, -0.15) is 5.10 Å². The Morgan fingerprint density at radius 3 is 2.56 bits per heavy atom. The maximum absolute atomic E-state index is 4.39. The molecule has 0 amide bonds. The topological polar surface area (TPSA) is 29.9 Å². The Bertz CT molecular complexity index is 317. The van der Waals surface area contributed by atoms with Crippen LogP contribution in [0.25, 0.3) is 0 Å². The van der Waals surface area contributed by atoms with Crippen molar-refractivity contribution in [3.63, 3.8) is 0 Å². The van der Waals surface area contributed by atoms with Crippen LogP contribution in [-0.4, -0.2) is 15.8 Å². The average molecular weight is 223 g/mol. The normalized spacial score (nSPS) is 15.1. The summed E-state index contributed by atoms with van der Waals surface area (Å²) in [7, 11) is 1.98. The van der Waals surface area contributed by atoms with Crippen LogP contribution in [0.15, 0.2) is 6.20 Å². The molecule has 0 saturated carbocycles. The molecular formula is C13H25N3. The van der Waals surface area contributed by atoms with Crippen LogP contribution in [0.2, 0.25) is 0 Å². The Morgan fingerprint density at radius 1 is 1.44 bits per heavy atom. The van der Waals surface area contributed by atoms with Crippen molar-refractivity contribution in [2.24, 2.45) is 7.05 Å². The predicted octanol–water partition coefficient (Wildman–Crippen LogP) is 2.96. The zero-order valence-corrected chi connectivity index (χ0v) is 11.2. The molecule has 0 aliphatic carbocycles. The summed E-state index contributed by atoms with van der Waals surface area (Å²) in [6.07, 6.45) is 5.80. The number of hydrogen-bond acceptors (Lipinski definition) is 2. The van der Waals surface area contributed by atoms with Gasteiger partial charge in [-0.3, -0.25) is 4.68 Å². The van der Waals surface area contributed by atoms with Gasteiger partial charge in [0, 0.05) is 30.9 Å². The quantitative estimate of drug-likeness (QED) is 0.803. The first-order chi connectivity index (χ1) is 7.58. The second-order valence-electron chi connectivity index (χ2n) is 4.63. The summed E-state index contributed by atoms with van der Waals surface area (Å²) in [6.45, 7) is 8.79. The van der Waals surface area contributed by atoms with E-state index in [0.717, 1.165) is 5.69 Å². The lowest BCUT2D eigenvalue weighted by molar-refractivity contribution is 0.416. The van der Waals surface area contributed by atoms with E-state index in [4.69, 9.17) is 0 Å². The Balaban J connectivity index is 2.63. The fraction of sp³-hybridized carbons (Fsp3) is 0.769. The zero-order chi connectivity index (χ0) is 12.1. The van der Waals surface area contributed by atoms with E-state index in [2.05, 4.69) is 44.3 Å². The molecule has 0 aliphatic heterocycles. The van der Waals surface area contributed by atoms with Crippen LogP contribution in [0.4, 0.5) is 0 Å². The molecule has 0 radical (unpaired) electrons. The van der Waals surface area contributed by atoms with Crippen molar-refractivity contribution >= 4 is 0 Å². The first kappa shape index (κ1) is 13.2. The maximum Gasteiger partial charge on any atom is 0.0641 e. The second-order valence-corrected chi connectivity index (χ2v) is 4.63. The number of aryl methyl sites for hydroxylation is 2. The average Bonchev–Trinajstić information content (AvgIpc) is 2.57. The van der Waals surface area contributed by atoms with Crippen molar-refractivity contribution in [2.75, 3.05) is 0 Å². The summed E-state index contributed by atoms with van der Waals surface area (Å²) in [4.78, 5) is 0. The highest BCUT2D eigenvalue weighted by atomic mass is 15.3. The van der Waals surface area contributed by atoms with Crippen LogP contribution in [-0.2, 0) is 7.05 Å². The van der Waals surface area contributed by atoms with Gasteiger partial charge in [-0.05, 0) is 26.7 Å². The fourth-order valence-electron chi connectivity index (χ4n) is 2.24. The van der Waals surface area contributed by atoms with E-state index < -0.39 is 0 Å². The highest BCUT2D eigenvalue weighted by molar-refractivity contribution is 5.19. The van der Waals surface area contributed by atoms with E-state index in [1.807, 2.05) is 11.7 Å². The van der Waals surface area contributed by atoms with Gasteiger partial charge in [0.1, 0.15) is 0 Å². The molecule has 3 nitrogen and oxygen atoms in total. The van der Waals surface area contributed by atoms with E-state index in [9.17, 15) is 0 Å². The van der Waals surface area contributed by atoms with E-state index in [1.54, 1.807) is 0 Å². The third kappa shape index (κ3) is 3.34. The number of nitrogens with zero attached hydrogens (tertiary/aromatic N) is 2. The summed E-state index contributed by atoms with van der Waals surface area (Å²) < 4.78 is 1.89. The third-order valence-electron chi connectivity index (χ3n) is 3.13. The Kier molecular flexibility index (Phi) is 5.00. The Hall–Kier alpha value is -0.830. The minimum absolute atomic E-state index is 0.394. The Labute approximate surface area is 99.2 Å². The van der Waals surface area contributed by atoms with Crippen LogP contribution in [0.5, 0.6) is 0 Å². The third-order valence-corrected chi connectivity index (χ3v) is 3.13. The molecule has 1 aromatic heterocycles. The molecule has 2 unspecified atom stereocenters. The van der Waals surface area contributed by atoms with E-state index in [0.29, 0.717) is 12.1 Å². The van der Waals surface area contributed by atoms with E-state index >= 15 is 0 Å².